The Morgan fingerprint density at radius 3 is 2.57 bits per heavy atom. The highest BCUT2D eigenvalue weighted by molar-refractivity contribution is 6.34. The average Bonchev–Trinajstić information content (AvgIpc) is 3.54. The van der Waals surface area contributed by atoms with Gasteiger partial charge in [-0.3, -0.25) is 14.7 Å². The quantitative estimate of drug-likeness (QED) is 0.605. The second-order valence-electron chi connectivity index (χ2n) is 7.13. The first kappa shape index (κ1) is 18.7. The monoisotopic (exact) mass is 391 g/mol. The van der Waals surface area contributed by atoms with E-state index >= 15 is 0 Å². The lowest BCUT2D eigenvalue weighted by Crippen LogP contribution is -2.25. The maximum atomic E-state index is 12.5. The van der Waals surface area contributed by atoms with E-state index in [1.165, 1.54) is 24.0 Å². The molecule has 1 aliphatic rings. The molecule has 1 aromatic heterocycles. The second-order valence-corrected chi connectivity index (χ2v) is 7.54. The lowest BCUT2D eigenvalue weighted by molar-refractivity contribution is 0.102. The molecule has 0 spiro atoms. The van der Waals surface area contributed by atoms with Gasteiger partial charge in [-0.2, -0.15) is 0 Å². The zero-order valence-corrected chi connectivity index (χ0v) is 16.3. The number of aromatic nitrogens is 1. The van der Waals surface area contributed by atoms with Gasteiger partial charge in [0.2, 0.25) is 0 Å². The Hall–Kier alpha value is -2.69. The van der Waals surface area contributed by atoms with Gasteiger partial charge in [-0.25, -0.2) is 0 Å². The van der Waals surface area contributed by atoms with Gasteiger partial charge in [0.05, 0.1) is 10.6 Å². The van der Waals surface area contributed by atoms with E-state index in [0.717, 1.165) is 18.8 Å². The summed E-state index contributed by atoms with van der Waals surface area (Å²) in [7, 11) is 0. The minimum atomic E-state index is -0.197. The highest BCUT2D eigenvalue weighted by atomic mass is 35.5. The third-order valence-corrected chi connectivity index (χ3v) is 5.19. The molecule has 0 aliphatic heterocycles. The molecule has 5 heteroatoms. The Kier molecular flexibility index (Phi) is 5.70. The van der Waals surface area contributed by atoms with E-state index in [2.05, 4.69) is 27.3 Å². The standard InChI is InChI=1S/C23H22ClN3O/c24-22-9-2-1-8-21(22)23(28)26-19-7-3-5-17(13-19)15-27(20-10-11-20)16-18-6-4-12-25-14-18/h1-9,12-14,20H,10-11,15-16H2,(H,26,28). The number of carbonyl (C=O) groups is 1. The van der Waals surface area contributed by atoms with Gasteiger partial charge in [0, 0.05) is 37.2 Å². The van der Waals surface area contributed by atoms with Crippen LogP contribution in [0.1, 0.15) is 34.3 Å². The number of hydrogen-bond acceptors (Lipinski definition) is 3. The predicted octanol–water partition coefficient (Wildman–Crippen LogP) is 5.15. The van der Waals surface area contributed by atoms with Crippen LogP contribution >= 0.6 is 11.6 Å². The van der Waals surface area contributed by atoms with Crippen molar-refractivity contribution < 1.29 is 4.79 Å². The number of halogens is 1. The van der Waals surface area contributed by atoms with Crippen LogP contribution in [0.4, 0.5) is 5.69 Å². The summed E-state index contributed by atoms with van der Waals surface area (Å²) in [6.07, 6.45) is 6.21. The maximum absolute atomic E-state index is 12.5. The molecule has 4 rings (SSSR count). The van der Waals surface area contributed by atoms with E-state index in [0.29, 0.717) is 16.6 Å². The molecule has 28 heavy (non-hydrogen) atoms. The van der Waals surface area contributed by atoms with E-state index in [1.54, 1.807) is 18.3 Å². The summed E-state index contributed by atoms with van der Waals surface area (Å²) in [6, 6.07) is 19.8. The van der Waals surface area contributed by atoms with E-state index < -0.39 is 0 Å². The zero-order chi connectivity index (χ0) is 19.3. The lowest BCUT2D eigenvalue weighted by atomic mass is 10.1. The summed E-state index contributed by atoms with van der Waals surface area (Å²) in [4.78, 5) is 19.2. The van der Waals surface area contributed by atoms with E-state index in [4.69, 9.17) is 11.6 Å². The van der Waals surface area contributed by atoms with Crippen LogP contribution in [-0.2, 0) is 13.1 Å². The Morgan fingerprint density at radius 1 is 1.04 bits per heavy atom. The Morgan fingerprint density at radius 2 is 1.82 bits per heavy atom. The van der Waals surface area contributed by atoms with Crippen molar-refractivity contribution in [3.63, 3.8) is 0 Å². The Labute approximate surface area is 170 Å². The topological polar surface area (TPSA) is 45.2 Å². The molecule has 1 heterocycles. The molecule has 3 aromatic rings. The van der Waals surface area contributed by atoms with Crippen LogP contribution in [0.5, 0.6) is 0 Å². The SMILES string of the molecule is O=C(Nc1cccc(CN(Cc2cccnc2)C2CC2)c1)c1ccccc1Cl. The van der Waals surface area contributed by atoms with Crippen LogP contribution in [0.3, 0.4) is 0 Å². The molecule has 142 valence electrons. The number of hydrogen-bond donors (Lipinski definition) is 1. The molecule has 1 fully saturated rings. The number of amides is 1. The van der Waals surface area contributed by atoms with Gasteiger partial charge in [-0.1, -0.05) is 41.9 Å². The molecular formula is C23H22ClN3O. The van der Waals surface area contributed by atoms with Crippen molar-refractivity contribution in [2.45, 2.75) is 32.0 Å². The van der Waals surface area contributed by atoms with Gasteiger partial charge in [-0.15, -0.1) is 0 Å². The van der Waals surface area contributed by atoms with Gasteiger partial charge in [0.25, 0.3) is 5.91 Å². The van der Waals surface area contributed by atoms with Crippen molar-refractivity contribution in [1.29, 1.82) is 0 Å². The number of pyridine rings is 1. The normalized spacial score (nSPS) is 13.5. The van der Waals surface area contributed by atoms with Crippen molar-refractivity contribution in [2.24, 2.45) is 0 Å². The Balaban J connectivity index is 1.45. The summed E-state index contributed by atoms with van der Waals surface area (Å²) in [6.45, 7) is 1.73. The molecule has 0 bridgehead atoms. The van der Waals surface area contributed by atoms with Crippen molar-refractivity contribution in [2.75, 3.05) is 5.32 Å². The molecule has 2 aromatic carbocycles. The summed E-state index contributed by atoms with van der Waals surface area (Å²) < 4.78 is 0. The fourth-order valence-electron chi connectivity index (χ4n) is 3.31. The van der Waals surface area contributed by atoms with Gasteiger partial charge in [-0.05, 0) is 54.3 Å². The van der Waals surface area contributed by atoms with Crippen molar-refractivity contribution in [1.82, 2.24) is 9.88 Å². The van der Waals surface area contributed by atoms with Crippen LogP contribution in [0.2, 0.25) is 5.02 Å². The summed E-state index contributed by atoms with van der Waals surface area (Å²) >= 11 is 6.13. The van der Waals surface area contributed by atoms with Crippen molar-refractivity contribution in [3.8, 4) is 0 Å². The highest BCUT2D eigenvalue weighted by Crippen LogP contribution is 2.30. The smallest absolute Gasteiger partial charge is 0.257 e. The molecule has 1 aliphatic carbocycles. The minimum Gasteiger partial charge on any atom is -0.322 e. The van der Waals surface area contributed by atoms with Crippen molar-refractivity contribution in [3.05, 3.63) is 94.8 Å². The molecular weight excluding hydrogens is 370 g/mol. The fraction of sp³-hybridized carbons (Fsp3) is 0.217. The van der Waals surface area contributed by atoms with E-state index in [9.17, 15) is 4.79 Å². The molecule has 0 saturated heterocycles. The number of rotatable bonds is 7. The van der Waals surface area contributed by atoms with Crippen LogP contribution < -0.4 is 5.32 Å². The highest BCUT2D eigenvalue weighted by Gasteiger charge is 2.29. The second kappa shape index (κ2) is 8.55. The van der Waals surface area contributed by atoms with Gasteiger partial charge >= 0.3 is 0 Å². The predicted molar refractivity (Wildman–Crippen MR) is 112 cm³/mol. The number of benzene rings is 2. The first-order valence-corrected chi connectivity index (χ1v) is 9.84. The molecule has 4 nitrogen and oxygen atoms in total. The van der Waals surface area contributed by atoms with Crippen LogP contribution in [-0.4, -0.2) is 21.8 Å². The van der Waals surface area contributed by atoms with E-state index in [1.807, 2.05) is 42.6 Å². The largest absolute Gasteiger partial charge is 0.322 e. The number of carbonyl (C=O) groups excluding carboxylic acids is 1. The molecule has 0 radical (unpaired) electrons. The maximum Gasteiger partial charge on any atom is 0.257 e. The van der Waals surface area contributed by atoms with Crippen LogP contribution in [0, 0.1) is 0 Å². The Bertz CT molecular complexity index is 957. The van der Waals surface area contributed by atoms with Gasteiger partial charge < -0.3 is 5.32 Å². The average molecular weight is 392 g/mol. The molecule has 0 atom stereocenters. The summed E-state index contributed by atoms with van der Waals surface area (Å²) in [5.74, 6) is -0.197. The van der Waals surface area contributed by atoms with Crippen LogP contribution in [0.15, 0.2) is 73.1 Å². The van der Waals surface area contributed by atoms with Gasteiger partial charge in [0.15, 0.2) is 0 Å². The van der Waals surface area contributed by atoms with Crippen LogP contribution in [0.25, 0.3) is 0 Å². The molecule has 0 unspecified atom stereocenters. The van der Waals surface area contributed by atoms with Crippen molar-refractivity contribution >= 4 is 23.2 Å². The fourth-order valence-corrected chi connectivity index (χ4v) is 3.53. The summed E-state index contributed by atoms with van der Waals surface area (Å²) in [5.41, 5.74) is 3.65. The third-order valence-electron chi connectivity index (χ3n) is 4.86. The third kappa shape index (κ3) is 4.77. The summed E-state index contributed by atoms with van der Waals surface area (Å²) in [5, 5.41) is 3.41. The molecule has 1 N–H and O–H groups in total. The van der Waals surface area contributed by atoms with E-state index in [-0.39, 0.29) is 5.91 Å². The first-order valence-electron chi connectivity index (χ1n) is 9.47. The number of anilines is 1. The minimum absolute atomic E-state index is 0.197. The first-order chi connectivity index (χ1) is 13.7. The molecule has 1 saturated carbocycles. The number of nitrogens with one attached hydrogen (secondary N) is 1. The van der Waals surface area contributed by atoms with Gasteiger partial charge in [0.1, 0.15) is 0 Å². The molecule has 1 amide bonds. The number of nitrogens with zero attached hydrogens (tertiary/aromatic N) is 2. The zero-order valence-electron chi connectivity index (χ0n) is 15.5. The lowest BCUT2D eigenvalue weighted by Gasteiger charge is -2.22.